The second-order valence-electron chi connectivity index (χ2n) is 4.68. The maximum absolute atomic E-state index is 6.99. The van der Waals surface area contributed by atoms with E-state index in [2.05, 4.69) is 40.6 Å². The summed E-state index contributed by atoms with van der Waals surface area (Å²) in [7, 11) is 0. The largest absolute Gasteiger partial charge is 0.320 e. The molecule has 1 aromatic carbocycles. The summed E-state index contributed by atoms with van der Waals surface area (Å²) in [4.78, 5) is 3.43. The van der Waals surface area contributed by atoms with Crippen LogP contribution in [0.5, 0.6) is 0 Å². The van der Waals surface area contributed by atoms with E-state index < -0.39 is 0 Å². The molecule has 0 N–H and O–H groups in total. The molecule has 1 atom stereocenters. The maximum atomic E-state index is 6.99. The summed E-state index contributed by atoms with van der Waals surface area (Å²) in [6, 6.07) is 18.4. The number of aromatic nitrogens is 1. The van der Waals surface area contributed by atoms with Crippen LogP contribution in [0.2, 0.25) is 0 Å². The highest BCUT2D eigenvalue weighted by Crippen LogP contribution is 2.27. The zero-order chi connectivity index (χ0) is 13.2. The molecule has 0 spiro atoms. The lowest BCUT2D eigenvalue weighted by Gasteiger charge is -2.12. The number of nitrogens with zero attached hydrogens (tertiary/aromatic N) is 2. The monoisotopic (exact) mass is 246 g/mol. The highest BCUT2D eigenvalue weighted by molar-refractivity contribution is 5.52. The zero-order valence-electron chi connectivity index (χ0n) is 10.7. The molecular formula is C17H14N2. The number of hydrogen-bond donors (Lipinski definition) is 0. The van der Waals surface area contributed by atoms with Crippen LogP contribution in [0.15, 0.2) is 60.8 Å². The smallest absolute Gasteiger partial charge is 0.187 e. The molecule has 3 rings (SSSR count). The van der Waals surface area contributed by atoms with Crippen molar-refractivity contribution in [1.29, 1.82) is 0 Å². The molecular weight excluding hydrogens is 232 g/mol. The van der Waals surface area contributed by atoms with Gasteiger partial charge in [0, 0.05) is 23.3 Å². The average Bonchev–Trinajstić information content (AvgIpc) is 2.90. The molecule has 0 amide bonds. The average molecular weight is 246 g/mol. The van der Waals surface area contributed by atoms with Crippen LogP contribution in [0.1, 0.15) is 24.1 Å². The first kappa shape index (κ1) is 11.6. The molecule has 0 aliphatic carbocycles. The van der Waals surface area contributed by atoms with Gasteiger partial charge in [0.2, 0.25) is 0 Å². The van der Waals surface area contributed by atoms with Gasteiger partial charge in [-0.05, 0) is 29.8 Å². The molecule has 1 unspecified atom stereocenters. The third-order valence-corrected chi connectivity index (χ3v) is 3.56. The van der Waals surface area contributed by atoms with E-state index in [-0.39, 0.29) is 0 Å². The Balaban J connectivity index is 2.03. The number of rotatable bonds is 2. The summed E-state index contributed by atoms with van der Waals surface area (Å²) in [6.07, 6.45) is 2.09. The normalized spacial score (nSPS) is 12.2. The first-order chi connectivity index (χ1) is 9.29. The Labute approximate surface area is 112 Å². The van der Waals surface area contributed by atoms with Gasteiger partial charge in [0.05, 0.1) is 6.57 Å². The lowest BCUT2D eigenvalue weighted by atomic mass is 9.98. The lowest BCUT2D eigenvalue weighted by molar-refractivity contribution is 0.855. The molecule has 0 bridgehead atoms. The van der Waals surface area contributed by atoms with Crippen LogP contribution < -0.4 is 0 Å². The van der Waals surface area contributed by atoms with Crippen LogP contribution in [0, 0.1) is 6.57 Å². The molecule has 2 nitrogen and oxygen atoms in total. The van der Waals surface area contributed by atoms with Crippen molar-refractivity contribution in [2.24, 2.45) is 0 Å². The molecule has 0 saturated heterocycles. The van der Waals surface area contributed by atoms with Crippen LogP contribution in [-0.2, 0) is 0 Å². The number of pyridine rings is 1. The SMILES string of the molecule is [C-]#[N+]c1ccc(C(C)c2ccc3ccccn23)cc1. The molecule has 0 aliphatic heterocycles. The molecule has 2 heterocycles. The van der Waals surface area contributed by atoms with Gasteiger partial charge in [-0.15, -0.1) is 0 Å². The van der Waals surface area contributed by atoms with Crippen molar-refractivity contribution in [3.63, 3.8) is 0 Å². The maximum Gasteiger partial charge on any atom is 0.187 e. The molecule has 2 aromatic heterocycles. The Morgan fingerprint density at radius 3 is 2.53 bits per heavy atom. The molecule has 3 aromatic rings. The van der Waals surface area contributed by atoms with Gasteiger partial charge in [-0.25, -0.2) is 4.85 Å². The second kappa shape index (κ2) is 4.62. The zero-order valence-corrected chi connectivity index (χ0v) is 10.7. The Morgan fingerprint density at radius 1 is 1.00 bits per heavy atom. The topological polar surface area (TPSA) is 8.77 Å². The summed E-state index contributed by atoms with van der Waals surface area (Å²) < 4.78 is 2.22. The summed E-state index contributed by atoms with van der Waals surface area (Å²) in [5.74, 6) is 0.310. The van der Waals surface area contributed by atoms with Crippen LogP contribution in [0.3, 0.4) is 0 Å². The van der Waals surface area contributed by atoms with Crippen molar-refractivity contribution in [2.45, 2.75) is 12.8 Å². The lowest BCUT2D eigenvalue weighted by Crippen LogP contribution is -1.99. The number of hydrogen-bond acceptors (Lipinski definition) is 0. The molecule has 19 heavy (non-hydrogen) atoms. The molecule has 2 heteroatoms. The van der Waals surface area contributed by atoms with E-state index in [1.54, 1.807) is 0 Å². The van der Waals surface area contributed by atoms with E-state index in [0.29, 0.717) is 11.6 Å². The van der Waals surface area contributed by atoms with Crippen molar-refractivity contribution >= 4 is 11.2 Å². The van der Waals surface area contributed by atoms with Gasteiger partial charge >= 0.3 is 0 Å². The highest BCUT2D eigenvalue weighted by Gasteiger charge is 2.12. The molecule has 0 radical (unpaired) electrons. The van der Waals surface area contributed by atoms with Gasteiger partial charge in [-0.3, -0.25) is 0 Å². The highest BCUT2D eigenvalue weighted by atomic mass is 14.9. The second-order valence-corrected chi connectivity index (χ2v) is 4.68. The minimum absolute atomic E-state index is 0.310. The Kier molecular flexibility index (Phi) is 2.81. The third kappa shape index (κ3) is 2.00. The van der Waals surface area contributed by atoms with Gasteiger partial charge in [-0.1, -0.05) is 37.3 Å². The Morgan fingerprint density at radius 2 is 1.79 bits per heavy atom. The standard InChI is InChI=1S/C17H14N2/c1-13(14-6-8-15(18-2)9-7-14)17-11-10-16-5-3-4-12-19(16)17/h3-13H,1H3. The molecule has 92 valence electrons. The number of fused-ring (bicyclic) bond motifs is 1. The van der Waals surface area contributed by atoms with Crippen LogP contribution >= 0.6 is 0 Å². The van der Waals surface area contributed by atoms with Gasteiger partial charge in [0.1, 0.15) is 0 Å². The third-order valence-electron chi connectivity index (χ3n) is 3.56. The van der Waals surface area contributed by atoms with Crippen molar-refractivity contribution in [2.75, 3.05) is 0 Å². The Hall–Kier alpha value is -2.53. The summed E-state index contributed by atoms with van der Waals surface area (Å²) in [5, 5.41) is 0. The molecule has 0 aliphatic rings. The number of benzene rings is 1. The van der Waals surface area contributed by atoms with E-state index in [0.717, 1.165) is 0 Å². The van der Waals surface area contributed by atoms with Gasteiger partial charge in [-0.2, -0.15) is 0 Å². The van der Waals surface area contributed by atoms with Crippen molar-refractivity contribution in [3.05, 3.63) is 83.5 Å². The van der Waals surface area contributed by atoms with E-state index >= 15 is 0 Å². The van der Waals surface area contributed by atoms with Gasteiger partial charge in [0.25, 0.3) is 0 Å². The van der Waals surface area contributed by atoms with Gasteiger partial charge in [0.15, 0.2) is 5.69 Å². The van der Waals surface area contributed by atoms with E-state index in [4.69, 9.17) is 6.57 Å². The fourth-order valence-corrected chi connectivity index (χ4v) is 2.44. The predicted octanol–water partition coefficient (Wildman–Crippen LogP) is 4.64. The first-order valence-electron chi connectivity index (χ1n) is 6.33. The van der Waals surface area contributed by atoms with Crippen molar-refractivity contribution in [3.8, 4) is 0 Å². The van der Waals surface area contributed by atoms with E-state index in [1.165, 1.54) is 16.8 Å². The summed E-state index contributed by atoms with van der Waals surface area (Å²) in [6.45, 7) is 9.19. The predicted molar refractivity (Wildman–Crippen MR) is 77.6 cm³/mol. The minimum Gasteiger partial charge on any atom is -0.320 e. The first-order valence-corrected chi connectivity index (χ1v) is 6.33. The molecule has 0 saturated carbocycles. The summed E-state index contributed by atoms with van der Waals surface area (Å²) in [5.41, 5.74) is 4.40. The van der Waals surface area contributed by atoms with Crippen molar-refractivity contribution < 1.29 is 0 Å². The Bertz CT molecular complexity index is 745. The summed E-state index contributed by atoms with van der Waals surface area (Å²) >= 11 is 0. The fourth-order valence-electron chi connectivity index (χ4n) is 2.44. The molecule has 0 fully saturated rings. The van der Waals surface area contributed by atoms with Gasteiger partial charge < -0.3 is 4.40 Å². The van der Waals surface area contributed by atoms with E-state index in [9.17, 15) is 0 Å². The van der Waals surface area contributed by atoms with Crippen LogP contribution in [0.25, 0.3) is 10.4 Å². The fraction of sp³-hybridized carbons (Fsp3) is 0.118. The quantitative estimate of drug-likeness (QED) is 0.582. The minimum atomic E-state index is 0.310. The van der Waals surface area contributed by atoms with Crippen molar-refractivity contribution in [1.82, 2.24) is 4.40 Å². The van der Waals surface area contributed by atoms with E-state index in [1.807, 2.05) is 36.4 Å². The van der Waals surface area contributed by atoms with Crippen LogP contribution in [0.4, 0.5) is 5.69 Å². The van der Waals surface area contributed by atoms with Crippen LogP contribution in [-0.4, -0.2) is 4.40 Å².